The Labute approximate surface area is 216 Å². The Bertz CT molecular complexity index is 955. The van der Waals surface area contributed by atoms with Crippen LogP contribution in [0.3, 0.4) is 0 Å². The van der Waals surface area contributed by atoms with Gasteiger partial charge in [0.1, 0.15) is 0 Å². The van der Waals surface area contributed by atoms with E-state index in [1.165, 1.54) is 5.56 Å². The van der Waals surface area contributed by atoms with Crippen molar-refractivity contribution in [2.24, 2.45) is 0 Å². The van der Waals surface area contributed by atoms with E-state index in [1.54, 1.807) is 21.3 Å². The summed E-state index contributed by atoms with van der Waals surface area (Å²) < 4.78 is 22.4. The molecule has 0 amide bonds. The summed E-state index contributed by atoms with van der Waals surface area (Å²) in [5.74, 6) is -1.69. The van der Waals surface area contributed by atoms with Gasteiger partial charge in [-0.2, -0.15) is 0 Å². The molecule has 0 spiro atoms. The van der Waals surface area contributed by atoms with Gasteiger partial charge in [-0.25, -0.2) is 9.59 Å². The van der Waals surface area contributed by atoms with Gasteiger partial charge in [0, 0.05) is 0 Å². The molecule has 11 heteroatoms. The van der Waals surface area contributed by atoms with Crippen molar-refractivity contribution >= 4 is 11.9 Å². The van der Waals surface area contributed by atoms with Crippen molar-refractivity contribution in [2.75, 3.05) is 42.0 Å². The lowest BCUT2D eigenvalue weighted by Crippen LogP contribution is -2.45. The van der Waals surface area contributed by atoms with Crippen LogP contribution in [0.15, 0.2) is 42.5 Å². The van der Waals surface area contributed by atoms with Gasteiger partial charge >= 0.3 is 11.9 Å². The normalized spacial score (nSPS) is 14.0. The molecule has 2 aromatic carbocycles. The summed E-state index contributed by atoms with van der Waals surface area (Å²) in [6, 6.07) is 14.3. The number of carbonyl (C=O) groups is 2. The number of ether oxygens (including phenoxy) is 4. The lowest BCUT2D eigenvalue weighted by Gasteiger charge is -2.39. The first-order valence-electron chi connectivity index (χ1n) is 11.4. The molecule has 0 aromatic heterocycles. The summed E-state index contributed by atoms with van der Waals surface area (Å²) in [6.45, 7) is 3.23. The second-order valence-electron chi connectivity index (χ2n) is 8.24. The van der Waals surface area contributed by atoms with Crippen LogP contribution in [0.2, 0.25) is 0 Å². The van der Waals surface area contributed by atoms with Crippen LogP contribution < -0.4 is 14.2 Å². The van der Waals surface area contributed by atoms with Gasteiger partial charge < -0.3 is 39.4 Å². The minimum atomic E-state index is -2.27. The zero-order valence-electron chi connectivity index (χ0n) is 22.0. The molecule has 37 heavy (non-hydrogen) atoms. The minimum Gasteiger partial charge on any atom is -0.493 e. The fourth-order valence-corrected chi connectivity index (χ4v) is 3.67. The van der Waals surface area contributed by atoms with E-state index in [2.05, 4.69) is 50.2 Å². The average molecular weight is 524 g/mol. The number of carboxylic acids is 2. The Kier molecular flexibility index (Phi) is 12.8. The molecule has 0 saturated carbocycles. The molecular formula is C26H37NO10. The van der Waals surface area contributed by atoms with Crippen LogP contribution >= 0.6 is 0 Å². The van der Waals surface area contributed by atoms with Crippen molar-refractivity contribution < 1.29 is 49.0 Å². The zero-order chi connectivity index (χ0) is 28.2. The average Bonchev–Trinajstić information content (AvgIpc) is 2.90. The number of methoxy groups -OCH3 is 3. The summed E-state index contributed by atoms with van der Waals surface area (Å²) in [5, 5.41) is 32.5. The number of nitrogens with zero attached hydrogens (tertiary/aromatic N) is 1. The molecule has 0 aliphatic carbocycles. The van der Waals surface area contributed by atoms with Crippen LogP contribution in [-0.4, -0.2) is 91.5 Å². The number of hydrogen-bond acceptors (Lipinski definition) is 9. The Morgan fingerprint density at radius 1 is 0.892 bits per heavy atom. The van der Waals surface area contributed by atoms with Crippen LogP contribution in [0.4, 0.5) is 0 Å². The summed E-state index contributed by atoms with van der Waals surface area (Å²) in [4.78, 5) is 21.8. The molecular weight excluding hydrogens is 486 g/mol. The molecule has 0 unspecified atom stereocenters. The molecule has 0 aliphatic heterocycles. The number of benzene rings is 2. The molecule has 4 N–H and O–H groups in total. The largest absolute Gasteiger partial charge is 0.493 e. The maximum Gasteiger partial charge on any atom is 0.335 e. The van der Waals surface area contributed by atoms with Crippen molar-refractivity contribution in [1.29, 1.82) is 0 Å². The Morgan fingerprint density at radius 3 is 1.73 bits per heavy atom. The number of carboxylic acid groups (broad SMARTS) is 2. The lowest BCUT2D eigenvalue weighted by molar-refractivity contribution is -0.165. The molecule has 0 aliphatic rings. The first-order valence-corrected chi connectivity index (χ1v) is 11.4. The van der Waals surface area contributed by atoms with Gasteiger partial charge in [-0.05, 0) is 43.8 Å². The molecule has 11 nitrogen and oxygen atoms in total. The van der Waals surface area contributed by atoms with Crippen LogP contribution in [0.25, 0.3) is 0 Å². The maximum absolute atomic E-state index is 9.77. The van der Waals surface area contributed by atoms with E-state index >= 15 is 0 Å². The summed E-state index contributed by atoms with van der Waals surface area (Å²) in [7, 11) is 9.03. The van der Waals surface area contributed by atoms with E-state index in [-0.39, 0.29) is 5.54 Å². The number of hydrogen-bond donors (Lipinski definition) is 4. The molecule has 3 atom stereocenters. The highest BCUT2D eigenvalue weighted by Gasteiger charge is 2.33. The number of aliphatic hydroxyl groups excluding tert-OH is 2. The lowest BCUT2D eigenvalue weighted by atomic mass is 9.87. The Balaban J connectivity index is 0.000000580. The van der Waals surface area contributed by atoms with E-state index < -0.39 is 24.1 Å². The molecule has 2 rings (SSSR count). The van der Waals surface area contributed by atoms with Gasteiger partial charge in [-0.15, -0.1) is 0 Å². The van der Waals surface area contributed by atoms with E-state index in [1.807, 2.05) is 18.2 Å². The number of aliphatic hydroxyl groups is 2. The zero-order valence-corrected chi connectivity index (χ0v) is 22.0. The van der Waals surface area contributed by atoms with Gasteiger partial charge in [0.15, 0.2) is 23.7 Å². The maximum atomic E-state index is 9.77. The van der Waals surface area contributed by atoms with Gasteiger partial charge in [0.05, 0.1) is 40.1 Å². The van der Waals surface area contributed by atoms with Crippen LogP contribution in [0.1, 0.15) is 24.5 Å². The second-order valence-corrected chi connectivity index (χ2v) is 8.24. The van der Waals surface area contributed by atoms with Gasteiger partial charge in [0.25, 0.3) is 0 Å². The Hall–Kier alpha value is -3.38. The molecule has 2 aromatic rings. The van der Waals surface area contributed by atoms with Gasteiger partial charge in [-0.3, -0.25) is 4.90 Å². The van der Waals surface area contributed by atoms with E-state index in [4.69, 9.17) is 39.4 Å². The number of aliphatic carboxylic acids is 2. The second kappa shape index (κ2) is 15.0. The first-order chi connectivity index (χ1) is 17.5. The molecule has 0 bridgehead atoms. The fourth-order valence-electron chi connectivity index (χ4n) is 3.67. The molecule has 0 radical (unpaired) electrons. The predicted molar refractivity (Wildman–Crippen MR) is 135 cm³/mol. The van der Waals surface area contributed by atoms with Crippen LogP contribution in [0.5, 0.6) is 17.2 Å². The summed E-state index contributed by atoms with van der Waals surface area (Å²) in [6.07, 6.45) is -3.59. The monoisotopic (exact) mass is 523 g/mol. The third-order valence-corrected chi connectivity index (χ3v) is 5.89. The fraction of sp³-hybridized carbons (Fsp3) is 0.462. The highest BCUT2D eigenvalue weighted by atomic mass is 16.5. The number of rotatable bonds is 13. The first kappa shape index (κ1) is 31.6. The summed E-state index contributed by atoms with van der Waals surface area (Å²) >= 11 is 0. The van der Waals surface area contributed by atoms with Crippen molar-refractivity contribution in [3.05, 3.63) is 53.6 Å². The molecule has 0 saturated heterocycles. The molecule has 0 heterocycles. The third kappa shape index (κ3) is 8.32. The minimum absolute atomic E-state index is 0.179. The highest BCUT2D eigenvalue weighted by Crippen LogP contribution is 2.38. The molecule has 0 fully saturated rings. The summed E-state index contributed by atoms with van der Waals surface area (Å²) in [5.41, 5.74) is 2.05. The van der Waals surface area contributed by atoms with Crippen molar-refractivity contribution in [3.63, 3.8) is 0 Å². The van der Waals surface area contributed by atoms with Gasteiger partial charge in [0.2, 0.25) is 5.75 Å². The highest BCUT2D eigenvalue weighted by molar-refractivity contribution is 5.83. The Morgan fingerprint density at radius 2 is 1.38 bits per heavy atom. The smallest absolute Gasteiger partial charge is 0.335 e. The van der Waals surface area contributed by atoms with Crippen molar-refractivity contribution in [3.8, 4) is 17.2 Å². The predicted octanol–water partition coefficient (Wildman–Crippen LogP) is 1.97. The van der Waals surface area contributed by atoms with Crippen LogP contribution in [0, 0.1) is 0 Å². The van der Waals surface area contributed by atoms with Gasteiger partial charge in [-0.1, -0.05) is 37.3 Å². The van der Waals surface area contributed by atoms with E-state index in [0.29, 0.717) is 30.5 Å². The quantitative estimate of drug-likeness (QED) is 0.304. The van der Waals surface area contributed by atoms with Crippen molar-refractivity contribution in [2.45, 2.75) is 37.7 Å². The van der Waals surface area contributed by atoms with E-state index in [9.17, 15) is 9.59 Å². The number of likely N-dealkylation sites (N-methyl/N-ethyl adjacent to an activating group) is 1. The van der Waals surface area contributed by atoms with E-state index in [0.717, 1.165) is 12.0 Å². The van der Waals surface area contributed by atoms with Crippen molar-refractivity contribution in [1.82, 2.24) is 4.90 Å². The molecule has 206 valence electrons. The standard InChI is InChI=1S/C22H31NO4.C4H6O6/c1-7-22(23(2)3,18-11-9-8-10-12-18)16-27-15-17-13-19(24-4)21(26-6)20(14-17)25-5;5-1(3(7)8)2(6)4(9)10/h8-14H,7,15-16H2,1-6H3;1-2,5-6H,(H,7,8)(H,9,10)/t22-;1-,2-/m01/s1. The van der Waals surface area contributed by atoms with Crippen LogP contribution in [-0.2, 0) is 26.5 Å². The topological polar surface area (TPSA) is 155 Å². The third-order valence-electron chi connectivity index (χ3n) is 5.89. The SMILES string of the molecule is CC[C@](COCc1cc(OC)c(OC)c(OC)c1)(c1ccccc1)N(C)C.O=C(O)[C@H](O)[C@@H](O)C(=O)O.